The molecule has 1 atom stereocenters. The molecule has 0 bridgehead atoms. The number of ether oxygens (including phenoxy) is 1. The van der Waals surface area contributed by atoms with Crippen LogP contribution >= 0.6 is 0 Å². The highest BCUT2D eigenvalue weighted by atomic mass is 16.5. The number of hydrogen-bond donors (Lipinski definition) is 1. The number of nitrogens with one attached hydrogen (secondary N) is 1. The smallest absolute Gasteiger partial charge is 0.317 e. The Hall–Kier alpha value is -2.37. The van der Waals surface area contributed by atoms with Crippen LogP contribution in [0.25, 0.3) is 0 Å². The number of hydrogen-bond acceptors (Lipinski definition) is 5. The van der Waals surface area contributed by atoms with Gasteiger partial charge < -0.3 is 9.64 Å². The number of nitrogens with zero attached hydrogens (tertiary/aromatic N) is 2. The van der Waals surface area contributed by atoms with Gasteiger partial charge in [-0.2, -0.15) is 5.10 Å². The molecule has 3 rings (SSSR count). The van der Waals surface area contributed by atoms with Crippen LogP contribution in [0.2, 0.25) is 0 Å². The van der Waals surface area contributed by atoms with Crippen molar-refractivity contribution in [3.8, 4) is 0 Å². The third kappa shape index (κ3) is 4.00. The predicted molar refractivity (Wildman–Crippen MR) is 96.2 cm³/mol. The molecule has 1 amide bonds. The summed E-state index contributed by atoms with van der Waals surface area (Å²) in [7, 11) is 0. The van der Waals surface area contributed by atoms with E-state index in [0.29, 0.717) is 13.2 Å². The molecular weight excluding hydrogens is 318 g/mol. The monoisotopic (exact) mass is 343 g/mol. The van der Waals surface area contributed by atoms with Crippen molar-refractivity contribution in [2.45, 2.75) is 45.1 Å². The highest BCUT2D eigenvalue weighted by Crippen LogP contribution is 2.28. The first-order valence-corrected chi connectivity index (χ1v) is 9.07. The maximum Gasteiger partial charge on any atom is 0.317 e. The SMILES string of the molecule is CCOC(=O)[C@H]1CN(C2CCCCC2)C(=O)/C1=N/Nc1ccccc1. The summed E-state index contributed by atoms with van der Waals surface area (Å²) < 4.78 is 5.17. The normalized spacial score (nSPS) is 23.1. The molecule has 1 saturated heterocycles. The van der Waals surface area contributed by atoms with Crippen LogP contribution in [0, 0.1) is 5.92 Å². The van der Waals surface area contributed by atoms with Crippen LogP contribution in [0.4, 0.5) is 5.69 Å². The zero-order valence-corrected chi connectivity index (χ0v) is 14.6. The summed E-state index contributed by atoms with van der Waals surface area (Å²) >= 11 is 0. The third-order valence-electron chi connectivity index (χ3n) is 4.86. The molecule has 25 heavy (non-hydrogen) atoms. The van der Waals surface area contributed by atoms with Gasteiger partial charge in [-0.3, -0.25) is 15.0 Å². The van der Waals surface area contributed by atoms with Gasteiger partial charge in [-0.05, 0) is 31.9 Å². The Labute approximate surface area is 148 Å². The lowest BCUT2D eigenvalue weighted by Crippen LogP contribution is -2.39. The Morgan fingerprint density at radius 3 is 2.64 bits per heavy atom. The van der Waals surface area contributed by atoms with E-state index in [1.165, 1.54) is 6.42 Å². The summed E-state index contributed by atoms with van der Waals surface area (Å²) in [4.78, 5) is 27.0. The Kier molecular flexibility index (Phi) is 5.68. The van der Waals surface area contributed by atoms with Crippen LogP contribution in [-0.2, 0) is 14.3 Å². The van der Waals surface area contributed by atoms with Gasteiger partial charge in [0.1, 0.15) is 11.6 Å². The van der Waals surface area contributed by atoms with Gasteiger partial charge in [-0.15, -0.1) is 0 Å². The standard InChI is InChI=1S/C19H25N3O3/c1-2-25-19(24)16-13-22(15-11-7-4-8-12-15)18(23)17(16)21-20-14-9-5-3-6-10-14/h3,5-6,9-10,15-16,20H,2,4,7-8,11-13H2,1H3/b21-17+/t16-/m0/s1. The Morgan fingerprint density at radius 2 is 1.96 bits per heavy atom. The number of hydrazone groups is 1. The van der Waals surface area contributed by atoms with Crippen molar-refractivity contribution < 1.29 is 14.3 Å². The first-order valence-electron chi connectivity index (χ1n) is 9.07. The summed E-state index contributed by atoms with van der Waals surface area (Å²) in [6, 6.07) is 9.61. The number of anilines is 1. The minimum atomic E-state index is -0.620. The van der Waals surface area contributed by atoms with Crippen LogP contribution in [0.3, 0.4) is 0 Å². The number of carbonyl (C=O) groups is 2. The van der Waals surface area contributed by atoms with E-state index < -0.39 is 5.92 Å². The number of rotatable bonds is 5. The fourth-order valence-electron chi connectivity index (χ4n) is 3.56. The van der Waals surface area contributed by atoms with Crippen molar-refractivity contribution in [3.63, 3.8) is 0 Å². The number of esters is 1. The van der Waals surface area contributed by atoms with E-state index >= 15 is 0 Å². The van der Waals surface area contributed by atoms with Gasteiger partial charge in [0.2, 0.25) is 0 Å². The van der Waals surface area contributed by atoms with Crippen LogP contribution < -0.4 is 5.43 Å². The fourth-order valence-corrected chi connectivity index (χ4v) is 3.56. The first-order chi connectivity index (χ1) is 12.2. The van der Waals surface area contributed by atoms with Crippen LogP contribution in [0.15, 0.2) is 35.4 Å². The second-order valence-corrected chi connectivity index (χ2v) is 6.53. The molecule has 0 unspecified atom stereocenters. The Morgan fingerprint density at radius 1 is 1.24 bits per heavy atom. The maximum atomic E-state index is 12.9. The number of likely N-dealkylation sites (tertiary alicyclic amines) is 1. The fraction of sp³-hybridized carbons (Fsp3) is 0.526. The molecule has 1 aliphatic heterocycles. The molecule has 0 radical (unpaired) electrons. The topological polar surface area (TPSA) is 71.0 Å². The van der Waals surface area contributed by atoms with Crippen molar-refractivity contribution in [3.05, 3.63) is 30.3 Å². The minimum Gasteiger partial charge on any atom is -0.465 e. The number of carbonyl (C=O) groups excluding carboxylic acids is 2. The van der Waals surface area contributed by atoms with Gasteiger partial charge >= 0.3 is 5.97 Å². The van der Waals surface area contributed by atoms with E-state index in [0.717, 1.165) is 31.4 Å². The van der Waals surface area contributed by atoms with Crippen molar-refractivity contribution >= 4 is 23.3 Å². The molecular formula is C19H25N3O3. The largest absolute Gasteiger partial charge is 0.465 e. The van der Waals surface area contributed by atoms with Crippen molar-refractivity contribution in [1.82, 2.24) is 4.90 Å². The zero-order valence-electron chi connectivity index (χ0n) is 14.6. The molecule has 6 nitrogen and oxygen atoms in total. The second-order valence-electron chi connectivity index (χ2n) is 6.53. The predicted octanol–water partition coefficient (Wildman–Crippen LogP) is 2.81. The average molecular weight is 343 g/mol. The molecule has 1 aliphatic carbocycles. The third-order valence-corrected chi connectivity index (χ3v) is 4.86. The van der Waals surface area contributed by atoms with Crippen LogP contribution in [-0.4, -0.2) is 41.7 Å². The number of para-hydroxylation sites is 1. The maximum absolute atomic E-state index is 12.9. The molecule has 1 aromatic rings. The quantitative estimate of drug-likeness (QED) is 0.659. The molecule has 0 aromatic heterocycles. The summed E-state index contributed by atoms with van der Waals surface area (Å²) in [5, 5.41) is 4.28. The van der Waals surface area contributed by atoms with Gasteiger partial charge in [-0.1, -0.05) is 37.5 Å². The van der Waals surface area contributed by atoms with Gasteiger partial charge in [0.25, 0.3) is 5.91 Å². The molecule has 1 N–H and O–H groups in total. The summed E-state index contributed by atoms with van der Waals surface area (Å²) in [5.74, 6) is -1.14. The zero-order chi connectivity index (χ0) is 17.6. The Balaban J connectivity index is 1.80. The first kappa shape index (κ1) is 17.5. The van der Waals surface area contributed by atoms with E-state index in [-0.39, 0.29) is 23.6 Å². The molecule has 1 saturated carbocycles. The van der Waals surface area contributed by atoms with E-state index in [9.17, 15) is 9.59 Å². The number of benzene rings is 1. The van der Waals surface area contributed by atoms with Crippen molar-refractivity contribution in [1.29, 1.82) is 0 Å². The van der Waals surface area contributed by atoms with Crippen LogP contribution in [0.5, 0.6) is 0 Å². The Bertz CT molecular complexity index is 639. The molecule has 6 heteroatoms. The van der Waals surface area contributed by atoms with E-state index in [2.05, 4.69) is 10.5 Å². The van der Waals surface area contributed by atoms with E-state index in [1.807, 2.05) is 35.2 Å². The van der Waals surface area contributed by atoms with Gasteiger partial charge in [0, 0.05) is 12.6 Å². The summed E-state index contributed by atoms with van der Waals surface area (Å²) in [6.07, 6.45) is 5.48. The second kappa shape index (κ2) is 8.14. The van der Waals surface area contributed by atoms with Crippen LogP contribution in [0.1, 0.15) is 39.0 Å². The lowest BCUT2D eigenvalue weighted by molar-refractivity contribution is -0.145. The van der Waals surface area contributed by atoms with Crippen molar-refractivity contribution in [2.75, 3.05) is 18.6 Å². The lowest BCUT2D eigenvalue weighted by Gasteiger charge is -2.30. The van der Waals surface area contributed by atoms with E-state index in [1.54, 1.807) is 6.92 Å². The highest BCUT2D eigenvalue weighted by molar-refractivity contribution is 6.44. The highest BCUT2D eigenvalue weighted by Gasteiger charge is 2.45. The minimum absolute atomic E-state index is 0.145. The number of amides is 1. The van der Waals surface area contributed by atoms with E-state index in [4.69, 9.17) is 4.74 Å². The molecule has 1 heterocycles. The summed E-state index contributed by atoms with van der Waals surface area (Å²) in [5.41, 5.74) is 3.94. The molecule has 0 spiro atoms. The lowest BCUT2D eigenvalue weighted by atomic mass is 9.94. The summed E-state index contributed by atoms with van der Waals surface area (Å²) in [6.45, 7) is 2.44. The molecule has 2 fully saturated rings. The molecule has 2 aliphatic rings. The molecule has 134 valence electrons. The molecule has 1 aromatic carbocycles. The van der Waals surface area contributed by atoms with Gasteiger partial charge in [-0.25, -0.2) is 0 Å². The van der Waals surface area contributed by atoms with Gasteiger partial charge in [0.15, 0.2) is 0 Å². The van der Waals surface area contributed by atoms with Crippen molar-refractivity contribution in [2.24, 2.45) is 11.0 Å². The van der Waals surface area contributed by atoms with Gasteiger partial charge in [0.05, 0.1) is 12.3 Å². The average Bonchev–Trinajstić information content (AvgIpc) is 2.98.